The lowest BCUT2D eigenvalue weighted by Gasteiger charge is -2.23. The topological polar surface area (TPSA) is 18.5 Å². The monoisotopic (exact) mass is 289 g/mol. The molecular formula is C12H20BrNO2. The predicted octanol–water partition coefficient (Wildman–Crippen LogP) is -1.22. The largest absolute Gasteiger partial charge is 1.00 e. The molecule has 0 heterocycles. The number of rotatable bonds is 5. The summed E-state index contributed by atoms with van der Waals surface area (Å²) in [6, 6.07) is 7.66. The molecule has 0 aliphatic rings. The van der Waals surface area contributed by atoms with E-state index in [9.17, 15) is 0 Å². The summed E-state index contributed by atoms with van der Waals surface area (Å²) in [7, 11) is 8.11. The summed E-state index contributed by atoms with van der Waals surface area (Å²) in [5.41, 5.74) is 0. The third kappa shape index (κ3) is 5.98. The van der Waals surface area contributed by atoms with Gasteiger partial charge in [0.1, 0.15) is 24.7 Å². The number of quaternary nitrogens is 1. The first-order valence-corrected chi connectivity index (χ1v) is 5.08. The van der Waals surface area contributed by atoms with E-state index >= 15 is 0 Å². The number of ether oxygens (including phenoxy) is 2. The molecule has 0 N–H and O–H groups in total. The third-order valence-corrected chi connectivity index (χ3v) is 2.09. The van der Waals surface area contributed by atoms with Crippen LogP contribution < -0.4 is 26.5 Å². The summed E-state index contributed by atoms with van der Waals surface area (Å²) in [6.07, 6.45) is 0. The van der Waals surface area contributed by atoms with Gasteiger partial charge in [0, 0.05) is 0 Å². The Morgan fingerprint density at radius 3 is 1.94 bits per heavy atom. The van der Waals surface area contributed by atoms with Gasteiger partial charge in [-0.15, -0.1) is 0 Å². The molecule has 1 aromatic rings. The van der Waals surface area contributed by atoms with Crippen molar-refractivity contribution in [2.75, 3.05) is 41.4 Å². The van der Waals surface area contributed by atoms with Crippen LogP contribution in [-0.2, 0) is 0 Å². The van der Waals surface area contributed by atoms with Crippen molar-refractivity contribution in [3.8, 4) is 11.5 Å². The molecule has 1 rings (SSSR count). The first kappa shape index (κ1) is 15.3. The summed E-state index contributed by atoms with van der Waals surface area (Å²) in [5.74, 6) is 1.75. The highest BCUT2D eigenvalue weighted by Gasteiger charge is 2.06. The van der Waals surface area contributed by atoms with E-state index in [0.717, 1.165) is 29.1 Å². The minimum Gasteiger partial charge on any atom is -1.00 e. The minimum atomic E-state index is 0. The van der Waals surface area contributed by atoms with Crippen molar-refractivity contribution in [2.24, 2.45) is 0 Å². The average Bonchev–Trinajstić information content (AvgIpc) is 2.17. The molecule has 0 saturated carbocycles. The fourth-order valence-corrected chi connectivity index (χ4v) is 1.11. The van der Waals surface area contributed by atoms with Crippen LogP contribution in [0.5, 0.6) is 11.5 Å². The maximum absolute atomic E-state index is 5.61. The second-order valence-corrected chi connectivity index (χ2v) is 4.54. The van der Waals surface area contributed by atoms with Crippen molar-refractivity contribution in [1.82, 2.24) is 0 Å². The number of methoxy groups -OCH3 is 1. The lowest BCUT2D eigenvalue weighted by atomic mass is 10.3. The molecule has 0 aliphatic heterocycles. The summed E-state index contributed by atoms with van der Waals surface area (Å²) in [4.78, 5) is 0. The van der Waals surface area contributed by atoms with Crippen molar-refractivity contribution in [1.29, 1.82) is 0 Å². The van der Waals surface area contributed by atoms with E-state index in [1.807, 2.05) is 24.3 Å². The van der Waals surface area contributed by atoms with Crippen LogP contribution in [0.1, 0.15) is 0 Å². The Balaban J connectivity index is 0.00000225. The molecule has 0 radical (unpaired) electrons. The summed E-state index contributed by atoms with van der Waals surface area (Å²) >= 11 is 0. The predicted molar refractivity (Wildman–Crippen MR) is 61.4 cm³/mol. The zero-order valence-corrected chi connectivity index (χ0v) is 12.0. The van der Waals surface area contributed by atoms with Crippen molar-refractivity contribution in [2.45, 2.75) is 0 Å². The fourth-order valence-electron chi connectivity index (χ4n) is 1.11. The Hall–Kier alpha value is -0.740. The molecule has 92 valence electrons. The fraction of sp³-hybridized carbons (Fsp3) is 0.500. The van der Waals surface area contributed by atoms with Crippen LogP contribution in [0.2, 0.25) is 0 Å². The standard InChI is InChI=1S/C12H20NO2.BrH/c1-13(2,3)9-10-15-12-7-5-11(14-4)6-8-12;/h5-8H,9-10H2,1-4H3;1H/q+1;/p-1. The molecule has 0 atom stereocenters. The molecule has 0 bridgehead atoms. The van der Waals surface area contributed by atoms with Gasteiger partial charge in [-0.25, -0.2) is 0 Å². The van der Waals surface area contributed by atoms with Gasteiger partial charge < -0.3 is 30.9 Å². The van der Waals surface area contributed by atoms with Crippen molar-refractivity contribution >= 4 is 0 Å². The highest BCUT2D eigenvalue weighted by Crippen LogP contribution is 2.16. The molecule has 3 nitrogen and oxygen atoms in total. The molecule has 0 saturated heterocycles. The van der Waals surface area contributed by atoms with Gasteiger partial charge in [-0.3, -0.25) is 0 Å². The average molecular weight is 290 g/mol. The van der Waals surface area contributed by atoms with Gasteiger partial charge in [0.25, 0.3) is 0 Å². The molecule has 0 unspecified atom stereocenters. The van der Waals surface area contributed by atoms with Crippen molar-refractivity contribution in [3.05, 3.63) is 24.3 Å². The quantitative estimate of drug-likeness (QED) is 0.633. The Bertz CT molecular complexity index is 293. The van der Waals surface area contributed by atoms with Gasteiger partial charge in [-0.1, -0.05) is 0 Å². The summed E-state index contributed by atoms with van der Waals surface area (Å²) in [6.45, 7) is 1.72. The zero-order valence-electron chi connectivity index (χ0n) is 10.4. The van der Waals surface area contributed by atoms with E-state index < -0.39 is 0 Å². The lowest BCUT2D eigenvalue weighted by molar-refractivity contribution is -0.870. The van der Waals surface area contributed by atoms with E-state index in [1.54, 1.807) is 7.11 Å². The Kier molecular flexibility index (Phi) is 6.45. The molecule has 0 amide bonds. The zero-order chi connectivity index (χ0) is 11.3. The van der Waals surface area contributed by atoms with Crippen LogP contribution in [-0.4, -0.2) is 45.9 Å². The molecular weight excluding hydrogens is 270 g/mol. The van der Waals surface area contributed by atoms with E-state index in [1.165, 1.54) is 0 Å². The molecule has 0 aliphatic carbocycles. The number of likely N-dealkylation sites (N-methyl/N-ethyl adjacent to an activating group) is 1. The SMILES string of the molecule is COc1ccc(OCC[N+](C)(C)C)cc1.[Br-]. The number of hydrogen-bond donors (Lipinski definition) is 0. The molecule has 16 heavy (non-hydrogen) atoms. The van der Waals surface area contributed by atoms with E-state index in [-0.39, 0.29) is 17.0 Å². The Morgan fingerprint density at radius 2 is 1.50 bits per heavy atom. The van der Waals surface area contributed by atoms with Gasteiger partial charge in [-0.2, -0.15) is 0 Å². The van der Waals surface area contributed by atoms with Crippen molar-refractivity contribution in [3.63, 3.8) is 0 Å². The molecule has 0 aromatic heterocycles. The van der Waals surface area contributed by atoms with Gasteiger partial charge in [0.2, 0.25) is 0 Å². The van der Waals surface area contributed by atoms with Gasteiger partial charge >= 0.3 is 0 Å². The van der Waals surface area contributed by atoms with Crippen molar-refractivity contribution < 1.29 is 30.9 Å². The van der Waals surface area contributed by atoms with E-state index in [4.69, 9.17) is 9.47 Å². The molecule has 1 aromatic carbocycles. The van der Waals surface area contributed by atoms with Crippen LogP contribution in [0.4, 0.5) is 0 Å². The van der Waals surface area contributed by atoms with Crippen LogP contribution in [0.25, 0.3) is 0 Å². The van der Waals surface area contributed by atoms with E-state index in [0.29, 0.717) is 0 Å². The number of benzene rings is 1. The molecule has 4 heteroatoms. The third-order valence-electron chi connectivity index (χ3n) is 2.09. The van der Waals surface area contributed by atoms with Crippen LogP contribution in [0, 0.1) is 0 Å². The lowest BCUT2D eigenvalue weighted by Crippen LogP contribution is -3.00. The van der Waals surface area contributed by atoms with Crippen LogP contribution >= 0.6 is 0 Å². The maximum Gasteiger partial charge on any atom is 0.137 e. The van der Waals surface area contributed by atoms with Gasteiger partial charge in [0.15, 0.2) is 0 Å². The second-order valence-electron chi connectivity index (χ2n) is 4.54. The highest BCUT2D eigenvalue weighted by atomic mass is 79.9. The number of nitrogens with zero attached hydrogens (tertiary/aromatic N) is 1. The smallest absolute Gasteiger partial charge is 0.137 e. The first-order chi connectivity index (χ1) is 7.01. The molecule has 0 spiro atoms. The maximum atomic E-state index is 5.61. The van der Waals surface area contributed by atoms with Crippen LogP contribution in [0.3, 0.4) is 0 Å². The Labute approximate surface area is 108 Å². The first-order valence-electron chi connectivity index (χ1n) is 5.08. The summed E-state index contributed by atoms with van der Waals surface area (Å²) < 4.78 is 11.6. The van der Waals surface area contributed by atoms with Gasteiger partial charge in [0.05, 0.1) is 28.3 Å². The van der Waals surface area contributed by atoms with Gasteiger partial charge in [-0.05, 0) is 24.3 Å². The summed E-state index contributed by atoms with van der Waals surface area (Å²) in [5, 5.41) is 0. The molecule has 0 fully saturated rings. The number of halogens is 1. The van der Waals surface area contributed by atoms with E-state index in [2.05, 4.69) is 21.1 Å². The van der Waals surface area contributed by atoms with Crippen LogP contribution in [0.15, 0.2) is 24.3 Å². The number of hydrogen-bond acceptors (Lipinski definition) is 2. The minimum absolute atomic E-state index is 0. The normalized spacial score (nSPS) is 10.5. The highest BCUT2D eigenvalue weighted by molar-refractivity contribution is 5.31. The Morgan fingerprint density at radius 1 is 1.00 bits per heavy atom. The second kappa shape index (κ2) is 6.76.